The van der Waals surface area contributed by atoms with Crippen molar-refractivity contribution in [3.63, 3.8) is 0 Å². The fraction of sp³-hybridized carbons (Fsp3) is 0.0909. The fourth-order valence-electron chi connectivity index (χ4n) is 1.44. The Hall–Kier alpha value is -1.92. The van der Waals surface area contributed by atoms with Crippen LogP contribution >= 0.6 is 23.2 Å². The van der Waals surface area contributed by atoms with E-state index in [0.29, 0.717) is 12.2 Å². The van der Waals surface area contributed by atoms with Crippen molar-refractivity contribution in [2.24, 2.45) is 0 Å². The lowest BCUT2D eigenvalue weighted by atomic mass is 10.2. The van der Waals surface area contributed by atoms with E-state index >= 15 is 0 Å². The maximum atomic E-state index is 10.9. The Kier molecular flexibility index (Phi) is 4.13. The van der Waals surface area contributed by atoms with Gasteiger partial charge in [0.25, 0.3) is 5.69 Å². The zero-order chi connectivity index (χ0) is 13.8. The second-order valence-electron chi connectivity index (χ2n) is 3.59. The number of aromatic nitrogens is 2. The quantitative estimate of drug-likeness (QED) is 0.692. The molecule has 0 saturated carbocycles. The minimum Gasteiger partial charge on any atom is -0.374 e. The second kappa shape index (κ2) is 5.81. The number of nitro benzene ring substituents is 1. The number of benzene rings is 1. The molecule has 0 atom stereocenters. The molecular formula is C11H8Cl2N4O2. The van der Waals surface area contributed by atoms with Crippen LogP contribution in [0.4, 0.5) is 11.4 Å². The van der Waals surface area contributed by atoms with E-state index in [-0.39, 0.29) is 21.4 Å². The zero-order valence-corrected chi connectivity index (χ0v) is 11.0. The van der Waals surface area contributed by atoms with E-state index in [9.17, 15) is 10.1 Å². The van der Waals surface area contributed by atoms with Gasteiger partial charge in [-0.2, -0.15) is 0 Å². The molecule has 0 radical (unpaired) electrons. The number of halogens is 2. The first-order valence-electron chi connectivity index (χ1n) is 5.20. The molecule has 2 rings (SSSR count). The Morgan fingerprint density at radius 2 is 2.05 bits per heavy atom. The van der Waals surface area contributed by atoms with Crippen LogP contribution in [0.1, 0.15) is 5.69 Å². The van der Waals surface area contributed by atoms with E-state index in [2.05, 4.69) is 15.3 Å². The van der Waals surface area contributed by atoms with Gasteiger partial charge in [0.1, 0.15) is 12.0 Å². The van der Waals surface area contributed by atoms with Crippen molar-refractivity contribution in [2.45, 2.75) is 6.54 Å². The number of anilines is 1. The summed E-state index contributed by atoms with van der Waals surface area (Å²) in [6.07, 6.45) is 2.99. The summed E-state index contributed by atoms with van der Waals surface area (Å²) >= 11 is 11.6. The SMILES string of the molecule is O=[N+]([O-])c1cc(Cl)c(Cl)cc1NCc1ccncn1. The number of hydrogen-bond acceptors (Lipinski definition) is 5. The summed E-state index contributed by atoms with van der Waals surface area (Å²) in [4.78, 5) is 18.2. The Morgan fingerprint density at radius 1 is 1.32 bits per heavy atom. The van der Waals surface area contributed by atoms with Crippen molar-refractivity contribution in [3.8, 4) is 0 Å². The molecular weight excluding hydrogens is 291 g/mol. The summed E-state index contributed by atoms with van der Waals surface area (Å²) in [6, 6.07) is 4.34. The summed E-state index contributed by atoms with van der Waals surface area (Å²) in [5, 5.41) is 14.2. The van der Waals surface area contributed by atoms with Crippen LogP contribution in [-0.2, 0) is 6.54 Å². The zero-order valence-electron chi connectivity index (χ0n) is 9.51. The van der Waals surface area contributed by atoms with E-state index in [1.165, 1.54) is 18.5 Å². The van der Waals surface area contributed by atoms with Crippen molar-refractivity contribution in [1.82, 2.24) is 9.97 Å². The predicted octanol–water partition coefficient (Wildman–Crippen LogP) is 3.30. The highest BCUT2D eigenvalue weighted by molar-refractivity contribution is 6.42. The van der Waals surface area contributed by atoms with Crippen LogP contribution in [0.25, 0.3) is 0 Å². The average molecular weight is 299 g/mol. The van der Waals surface area contributed by atoms with Gasteiger partial charge in [0.2, 0.25) is 0 Å². The van der Waals surface area contributed by atoms with Gasteiger partial charge >= 0.3 is 0 Å². The third-order valence-electron chi connectivity index (χ3n) is 2.34. The molecule has 1 aromatic heterocycles. The smallest absolute Gasteiger partial charge is 0.293 e. The lowest BCUT2D eigenvalue weighted by Crippen LogP contribution is -2.04. The van der Waals surface area contributed by atoms with Gasteiger partial charge < -0.3 is 5.32 Å². The highest BCUT2D eigenvalue weighted by Gasteiger charge is 2.16. The van der Waals surface area contributed by atoms with Gasteiger partial charge in [0, 0.05) is 12.3 Å². The molecule has 1 heterocycles. The Bertz CT molecular complexity index is 607. The third kappa shape index (κ3) is 3.30. The molecule has 0 unspecified atom stereocenters. The van der Waals surface area contributed by atoms with Gasteiger partial charge in [-0.1, -0.05) is 23.2 Å². The van der Waals surface area contributed by atoms with Crippen molar-refractivity contribution in [3.05, 3.63) is 56.6 Å². The lowest BCUT2D eigenvalue weighted by Gasteiger charge is -2.07. The Balaban J connectivity index is 2.24. The van der Waals surface area contributed by atoms with E-state index in [4.69, 9.17) is 23.2 Å². The number of hydrogen-bond donors (Lipinski definition) is 1. The molecule has 0 amide bonds. The molecule has 98 valence electrons. The molecule has 0 bridgehead atoms. The number of rotatable bonds is 4. The highest BCUT2D eigenvalue weighted by Crippen LogP contribution is 2.34. The summed E-state index contributed by atoms with van der Waals surface area (Å²) in [6.45, 7) is 0.321. The molecule has 1 aromatic carbocycles. The topological polar surface area (TPSA) is 81.0 Å². The molecule has 0 aliphatic heterocycles. The molecule has 0 saturated heterocycles. The van der Waals surface area contributed by atoms with Crippen molar-refractivity contribution < 1.29 is 4.92 Å². The molecule has 6 nitrogen and oxygen atoms in total. The number of nitro groups is 1. The van der Waals surface area contributed by atoms with Crippen LogP contribution in [0.5, 0.6) is 0 Å². The minimum absolute atomic E-state index is 0.136. The van der Waals surface area contributed by atoms with Crippen molar-refractivity contribution in [2.75, 3.05) is 5.32 Å². The van der Waals surface area contributed by atoms with Gasteiger partial charge in [-0.15, -0.1) is 0 Å². The minimum atomic E-state index is -0.523. The summed E-state index contributed by atoms with van der Waals surface area (Å²) in [5.41, 5.74) is 0.858. The van der Waals surface area contributed by atoms with Crippen LogP contribution in [-0.4, -0.2) is 14.9 Å². The van der Waals surface area contributed by atoms with Crippen LogP contribution in [0, 0.1) is 10.1 Å². The van der Waals surface area contributed by atoms with Crippen LogP contribution in [0.2, 0.25) is 10.0 Å². The predicted molar refractivity (Wildman–Crippen MR) is 72.5 cm³/mol. The van der Waals surface area contributed by atoms with E-state index in [1.807, 2.05) is 0 Å². The summed E-state index contributed by atoms with van der Waals surface area (Å²) in [5.74, 6) is 0. The van der Waals surface area contributed by atoms with Gasteiger partial charge in [0.15, 0.2) is 0 Å². The molecule has 0 aliphatic carbocycles. The van der Waals surface area contributed by atoms with Gasteiger partial charge in [-0.3, -0.25) is 10.1 Å². The third-order valence-corrected chi connectivity index (χ3v) is 3.06. The molecule has 8 heteroatoms. The summed E-state index contributed by atoms with van der Waals surface area (Å²) in [7, 11) is 0. The van der Waals surface area contributed by atoms with Crippen LogP contribution in [0.3, 0.4) is 0 Å². The number of nitrogens with one attached hydrogen (secondary N) is 1. The maximum Gasteiger partial charge on any atom is 0.293 e. The first-order chi connectivity index (χ1) is 9.08. The monoisotopic (exact) mass is 298 g/mol. The molecule has 2 aromatic rings. The number of nitrogens with zero attached hydrogens (tertiary/aromatic N) is 3. The standard InChI is InChI=1S/C11H8Cl2N4O2/c12-8-3-10(11(17(18)19)4-9(8)13)15-5-7-1-2-14-6-16-7/h1-4,6,15H,5H2. The highest BCUT2D eigenvalue weighted by atomic mass is 35.5. The van der Waals surface area contributed by atoms with E-state index in [1.54, 1.807) is 12.3 Å². The first-order valence-corrected chi connectivity index (χ1v) is 5.95. The summed E-state index contributed by atoms with van der Waals surface area (Å²) < 4.78 is 0. The van der Waals surface area contributed by atoms with Gasteiger partial charge in [-0.05, 0) is 12.1 Å². The normalized spacial score (nSPS) is 10.2. The van der Waals surface area contributed by atoms with Crippen LogP contribution in [0.15, 0.2) is 30.7 Å². The van der Waals surface area contributed by atoms with Gasteiger partial charge in [0.05, 0.1) is 27.2 Å². The molecule has 0 aliphatic rings. The molecule has 0 fully saturated rings. The van der Waals surface area contributed by atoms with Crippen molar-refractivity contribution in [1.29, 1.82) is 0 Å². The Morgan fingerprint density at radius 3 is 2.68 bits per heavy atom. The fourth-order valence-corrected chi connectivity index (χ4v) is 1.76. The second-order valence-corrected chi connectivity index (χ2v) is 4.41. The van der Waals surface area contributed by atoms with E-state index < -0.39 is 4.92 Å². The molecule has 0 spiro atoms. The van der Waals surface area contributed by atoms with E-state index in [0.717, 1.165) is 0 Å². The largest absolute Gasteiger partial charge is 0.374 e. The average Bonchev–Trinajstić information content (AvgIpc) is 2.40. The van der Waals surface area contributed by atoms with Gasteiger partial charge in [-0.25, -0.2) is 9.97 Å². The first kappa shape index (κ1) is 13.5. The molecule has 19 heavy (non-hydrogen) atoms. The Labute approximate surface area is 118 Å². The van der Waals surface area contributed by atoms with Crippen LogP contribution < -0.4 is 5.32 Å². The lowest BCUT2D eigenvalue weighted by molar-refractivity contribution is -0.383. The maximum absolute atomic E-state index is 10.9. The molecule has 1 N–H and O–H groups in total. The van der Waals surface area contributed by atoms with Crippen molar-refractivity contribution >= 4 is 34.6 Å².